The van der Waals surface area contributed by atoms with Gasteiger partial charge in [0.25, 0.3) is 0 Å². The van der Waals surface area contributed by atoms with Crippen LogP contribution in [0.4, 0.5) is 0 Å². The molecule has 2 heteroatoms. The molecule has 2 nitrogen and oxygen atoms in total. The van der Waals surface area contributed by atoms with Gasteiger partial charge >= 0.3 is 0 Å². The lowest BCUT2D eigenvalue weighted by atomic mass is 9.94. The quantitative estimate of drug-likeness (QED) is 0.713. The van der Waals surface area contributed by atoms with Crippen LogP contribution < -0.4 is 5.73 Å². The lowest BCUT2D eigenvalue weighted by molar-refractivity contribution is 0.697. The molecule has 0 atom stereocenters. The highest BCUT2D eigenvalue weighted by Gasteiger charge is 2.43. The molecule has 0 aliphatic heterocycles. The van der Waals surface area contributed by atoms with Crippen molar-refractivity contribution in [2.75, 3.05) is 6.54 Å². The standard InChI is InChI=1S/C10H14N2/c1-8-6-12-5-2-9(8)10(7-11)3-4-10/h2,5-6H,3-4,7,11H2,1H3. The number of nitrogens with two attached hydrogens (primary N) is 1. The predicted octanol–water partition coefficient (Wildman–Crippen LogP) is 1.38. The Morgan fingerprint density at radius 1 is 1.58 bits per heavy atom. The molecular weight excluding hydrogens is 148 g/mol. The first-order chi connectivity index (χ1) is 5.78. The van der Waals surface area contributed by atoms with Crippen LogP contribution in [-0.4, -0.2) is 11.5 Å². The first kappa shape index (κ1) is 7.74. The van der Waals surface area contributed by atoms with Crippen LogP contribution in [0.5, 0.6) is 0 Å². The summed E-state index contributed by atoms with van der Waals surface area (Å²) in [5.41, 5.74) is 8.74. The van der Waals surface area contributed by atoms with Crippen molar-refractivity contribution in [3.8, 4) is 0 Å². The van der Waals surface area contributed by atoms with Crippen LogP contribution in [0.2, 0.25) is 0 Å². The van der Waals surface area contributed by atoms with Crippen molar-refractivity contribution in [1.82, 2.24) is 4.98 Å². The van der Waals surface area contributed by atoms with Gasteiger partial charge in [-0.05, 0) is 37.0 Å². The van der Waals surface area contributed by atoms with Crippen molar-refractivity contribution >= 4 is 0 Å². The van der Waals surface area contributed by atoms with E-state index >= 15 is 0 Å². The van der Waals surface area contributed by atoms with Gasteiger partial charge in [-0.1, -0.05) is 0 Å². The summed E-state index contributed by atoms with van der Waals surface area (Å²) in [4.78, 5) is 4.08. The molecule has 0 spiro atoms. The molecule has 0 saturated heterocycles. The smallest absolute Gasteiger partial charge is 0.0300 e. The number of nitrogens with zero attached hydrogens (tertiary/aromatic N) is 1. The normalized spacial score (nSPS) is 19.2. The fourth-order valence-corrected chi connectivity index (χ4v) is 1.80. The zero-order valence-corrected chi connectivity index (χ0v) is 7.38. The van der Waals surface area contributed by atoms with E-state index in [0.29, 0.717) is 5.41 Å². The Labute approximate surface area is 72.8 Å². The Balaban J connectivity index is 2.40. The molecule has 0 unspecified atom stereocenters. The highest BCUT2D eigenvalue weighted by atomic mass is 14.7. The maximum atomic E-state index is 5.75. The number of hydrogen-bond acceptors (Lipinski definition) is 2. The fraction of sp³-hybridized carbons (Fsp3) is 0.500. The van der Waals surface area contributed by atoms with Crippen LogP contribution in [0.1, 0.15) is 24.0 Å². The lowest BCUT2D eigenvalue weighted by Gasteiger charge is -2.14. The molecule has 64 valence electrons. The van der Waals surface area contributed by atoms with Gasteiger partial charge in [-0.2, -0.15) is 0 Å². The van der Waals surface area contributed by atoms with Gasteiger partial charge in [0, 0.05) is 24.4 Å². The van der Waals surface area contributed by atoms with Crippen LogP contribution in [-0.2, 0) is 5.41 Å². The molecule has 1 aromatic rings. The van der Waals surface area contributed by atoms with E-state index in [9.17, 15) is 0 Å². The largest absolute Gasteiger partial charge is 0.330 e. The number of aryl methyl sites for hydroxylation is 1. The molecule has 0 radical (unpaired) electrons. The number of pyridine rings is 1. The maximum absolute atomic E-state index is 5.75. The first-order valence-corrected chi connectivity index (χ1v) is 4.40. The molecule has 1 aromatic heterocycles. The van der Waals surface area contributed by atoms with Gasteiger partial charge in [0.15, 0.2) is 0 Å². The first-order valence-electron chi connectivity index (χ1n) is 4.40. The van der Waals surface area contributed by atoms with Crippen LogP contribution in [0, 0.1) is 6.92 Å². The summed E-state index contributed by atoms with van der Waals surface area (Å²) >= 11 is 0. The van der Waals surface area contributed by atoms with Gasteiger partial charge in [0.05, 0.1) is 0 Å². The van der Waals surface area contributed by atoms with Crippen molar-refractivity contribution in [1.29, 1.82) is 0 Å². The van der Waals surface area contributed by atoms with Crippen molar-refractivity contribution < 1.29 is 0 Å². The summed E-state index contributed by atoms with van der Waals surface area (Å²) in [5, 5.41) is 0. The minimum Gasteiger partial charge on any atom is -0.330 e. The molecule has 1 fully saturated rings. The summed E-state index contributed by atoms with van der Waals surface area (Å²) < 4.78 is 0. The molecule has 2 N–H and O–H groups in total. The molecule has 1 saturated carbocycles. The second kappa shape index (κ2) is 2.56. The third-order valence-electron chi connectivity index (χ3n) is 2.84. The second-order valence-corrected chi connectivity index (χ2v) is 3.68. The summed E-state index contributed by atoms with van der Waals surface area (Å²) in [7, 11) is 0. The molecule has 1 aliphatic rings. The zero-order valence-electron chi connectivity index (χ0n) is 7.38. The van der Waals surface area contributed by atoms with E-state index in [1.54, 1.807) is 0 Å². The van der Waals surface area contributed by atoms with Gasteiger partial charge in [0.1, 0.15) is 0 Å². The number of rotatable bonds is 2. The monoisotopic (exact) mass is 162 g/mol. The number of hydrogen-bond donors (Lipinski definition) is 1. The lowest BCUT2D eigenvalue weighted by Crippen LogP contribution is -2.20. The average Bonchev–Trinajstić information content (AvgIpc) is 2.86. The minimum atomic E-state index is 0.313. The predicted molar refractivity (Wildman–Crippen MR) is 48.9 cm³/mol. The zero-order chi connectivity index (χ0) is 8.60. The maximum Gasteiger partial charge on any atom is 0.0300 e. The van der Waals surface area contributed by atoms with E-state index in [0.717, 1.165) is 6.54 Å². The molecule has 12 heavy (non-hydrogen) atoms. The van der Waals surface area contributed by atoms with E-state index in [1.807, 2.05) is 12.4 Å². The van der Waals surface area contributed by atoms with Gasteiger partial charge in [0.2, 0.25) is 0 Å². The Bertz CT molecular complexity index is 290. The molecule has 1 heterocycles. The Kier molecular flexibility index (Phi) is 1.65. The van der Waals surface area contributed by atoms with E-state index in [1.165, 1.54) is 24.0 Å². The van der Waals surface area contributed by atoms with Crippen LogP contribution in [0.25, 0.3) is 0 Å². The average molecular weight is 162 g/mol. The van der Waals surface area contributed by atoms with Crippen LogP contribution >= 0.6 is 0 Å². The fourth-order valence-electron chi connectivity index (χ4n) is 1.80. The number of aromatic nitrogens is 1. The molecule has 0 aromatic carbocycles. The molecule has 2 rings (SSSR count). The molecule has 0 amide bonds. The minimum absolute atomic E-state index is 0.313. The highest BCUT2D eigenvalue weighted by molar-refractivity contribution is 5.36. The highest BCUT2D eigenvalue weighted by Crippen LogP contribution is 2.47. The topological polar surface area (TPSA) is 38.9 Å². The molecular formula is C10H14N2. The van der Waals surface area contributed by atoms with Gasteiger partial charge in [-0.3, -0.25) is 4.98 Å². The Morgan fingerprint density at radius 3 is 2.83 bits per heavy atom. The van der Waals surface area contributed by atoms with E-state index in [4.69, 9.17) is 5.73 Å². The molecule has 1 aliphatic carbocycles. The summed E-state index contributed by atoms with van der Waals surface area (Å²) in [6.07, 6.45) is 6.27. The van der Waals surface area contributed by atoms with Crippen molar-refractivity contribution in [2.45, 2.75) is 25.2 Å². The third-order valence-corrected chi connectivity index (χ3v) is 2.84. The van der Waals surface area contributed by atoms with Crippen LogP contribution in [0.15, 0.2) is 18.5 Å². The van der Waals surface area contributed by atoms with Crippen LogP contribution in [0.3, 0.4) is 0 Å². The van der Waals surface area contributed by atoms with Gasteiger partial charge in [-0.15, -0.1) is 0 Å². The summed E-state index contributed by atoms with van der Waals surface area (Å²) in [5.74, 6) is 0. The van der Waals surface area contributed by atoms with Crippen molar-refractivity contribution in [3.63, 3.8) is 0 Å². The van der Waals surface area contributed by atoms with Gasteiger partial charge < -0.3 is 5.73 Å². The SMILES string of the molecule is Cc1cnccc1C1(CN)CC1. The van der Waals surface area contributed by atoms with Crippen molar-refractivity contribution in [3.05, 3.63) is 29.6 Å². The summed E-state index contributed by atoms with van der Waals surface area (Å²) in [6.45, 7) is 2.88. The van der Waals surface area contributed by atoms with Gasteiger partial charge in [-0.25, -0.2) is 0 Å². The van der Waals surface area contributed by atoms with E-state index in [2.05, 4.69) is 18.0 Å². The molecule has 0 bridgehead atoms. The summed E-state index contributed by atoms with van der Waals surface area (Å²) in [6, 6.07) is 2.11. The van der Waals surface area contributed by atoms with Crippen molar-refractivity contribution in [2.24, 2.45) is 5.73 Å². The Morgan fingerprint density at radius 2 is 2.33 bits per heavy atom. The third kappa shape index (κ3) is 1.03. The van der Waals surface area contributed by atoms with E-state index < -0.39 is 0 Å². The van der Waals surface area contributed by atoms with E-state index in [-0.39, 0.29) is 0 Å². The second-order valence-electron chi connectivity index (χ2n) is 3.68. The Hall–Kier alpha value is -0.890.